The van der Waals surface area contributed by atoms with Gasteiger partial charge in [-0.15, -0.1) is 22.7 Å². The fourth-order valence-corrected chi connectivity index (χ4v) is 4.67. The molecular weight excluding hydrogens is 347 g/mol. The Bertz CT molecular complexity index is 1300. The van der Waals surface area contributed by atoms with Crippen molar-refractivity contribution in [3.05, 3.63) is 58.7 Å². The Labute approximate surface area is 141 Å². The van der Waals surface area contributed by atoms with Gasteiger partial charge in [0.1, 0.15) is 10.5 Å². The third-order valence-electron chi connectivity index (χ3n) is 3.71. The van der Waals surface area contributed by atoms with Crippen molar-refractivity contribution < 1.29 is 8.81 Å². The first kappa shape index (κ1) is 13.8. The molecule has 0 unspecified atom stereocenters. The van der Waals surface area contributed by atoms with Gasteiger partial charge in [0.2, 0.25) is 5.71 Å². The van der Waals surface area contributed by atoms with Gasteiger partial charge in [-0.05, 0) is 24.3 Å². The summed E-state index contributed by atoms with van der Waals surface area (Å²) in [6, 6.07) is 11.8. The van der Waals surface area contributed by atoms with Gasteiger partial charge in [0.05, 0.1) is 15.6 Å². The molecule has 0 atom stereocenters. The van der Waals surface area contributed by atoms with Crippen molar-refractivity contribution in [3.63, 3.8) is 0 Å². The number of thiazole rings is 2. The first-order valence-corrected chi connectivity index (χ1v) is 8.71. The topological polar surface area (TPSA) is 56.0 Å². The van der Waals surface area contributed by atoms with Gasteiger partial charge in [0.15, 0.2) is 10.0 Å². The van der Waals surface area contributed by atoms with Gasteiger partial charge in [-0.2, -0.15) is 4.98 Å². The van der Waals surface area contributed by atoms with Crippen molar-refractivity contribution in [2.45, 2.75) is 0 Å². The normalized spacial score (nSPS) is 11.7. The maximum atomic E-state index is 13.4. The van der Waals surface area contributed by atoms with E-state index in [0.29, 0.717) is 21.1 Å². The summed E-state index contributed by atoms with van der Waals surface area (Å²) in [6.07, 6.45) is 0. The summed E-state index contributed by atoms with van der Waals surface area (Å²) in [4.78, 5) is 21.0. The molecule has 24 heavy (non-hydrogen) atoms. The standard InChI is InChI=1S/C17H7FN2O2S2/c18-8-5-6-11-12(7-8)23-15(19-11)16-20-14-13(24-16)9-3-1-2-4-10(9)17(21)22-14/h1-7H. The van der Waals surface area contributed by atoms with Crippen LogP contribution < -0.4 is 5.63 Å². The quantitative estimate of drug-likeness (QED) is 0.433. The Kier molecular flexibility index (Phi) is 2.83. The molecular formula is C17H7FN2O2S2. The van der Waals surface area contributed by atoms with Gasteiger partial charge in [0.25, 0.3) is 0 Å². The Hall–Kier alpha value is -2.64. The predicted molar refractivity (Wildman–Crippen MR) is 94.2 cm³/mol. The molecule has 0 N–H and O–H groups in total. The molecule has 7 heteroatoms. The second kappa shape index (κ2) is 4.93. The zero-order chi connectivity index (χ0) is 16.3. The molecule has 4 nitrogen and oxygen atoms in total. The number of hydrogen-bond donors (Lipinski definition) is 0. The van der Waals surface area contributed by atoms with Crippen LogP contribution in [0.25, 0.3) is 41.4 Å². The van der Waals surface area contributed by atoms with E-state index in [0.717, 1.165) is 20.3 Å². The minimum absolute atomic E-state index is 0.293. The highest BCUT2D eigenvalue weighted by Gasteiger charge is 2.16. The lowest BCUT2D eigenvalue weighted by Crippen LogP contribution is -1.98. The highest BCUT2D eigenvalue weighted by Crippen LogP contribution is 2.37. The lowest BCUT2D eigenvalue weighted by atomic mass is 10.2. The SMILES string of the molecule is O=c1oc2nc(-c3nc4ccc(F)cc4s3)sc2c2ccccc12. The average Bonchev–Trinajstić information content (AvgIpc) is 3.18. The van der Waals surface area contributed by atoms with E-state index in [2.05, 4.69) is 9.97 Å². The van der Waals surface area contributed by atoms with Crippen LogP contribution in [0.3, 0.4) is 0 Å². The molecule has 0 spiro atoms. The third kappa shape index (κ3) is 1.98. The Balaban J connectivity index is 1.80. The summed E-state index contributed by atoms with van der Waals surface area (Å²) in [7, 11) is 0. The van der Waals surface area contributed by atoms with Crippen LogP contribution in [0.1, 0.15) is 0 Å². The first-order valence-electron chi connectivity index (χ1n) is 7.08. The lowest BCUT2D eigenvalue weighted by molar-refractivity contribution is 0.560. The molecule has 2 aromatic carbocycles. The molecule has 5 aromatic rings. The molecule has 5 rings (SSSR count). The van der Waals surface area contributed by atoms with Crippen molar-refractivity contribution in [1.82, 2.24) is 9.97 Å². The highest BCUT2D eigenvalue weighted by molar-refractivity contribution is 7.28. The van der Waals surface area contributed by atoms with Crippen LogP contribution in [-0.2, 0) is 0 Å². The van der Waals surface area contributed by atoms with Gasteiger partial charge in [0, 0.05) is 5.39 Å². The molecule has 0 aliphatic heterocycles. The van der Waals surface area contributed by atoms with Gasteiger partial charge in [-0.3, -0.25) is 0 Å². The number of halogens is 1. The highest BCUT2D eigenvalue weighted by atomic mass is 32.1. The molecule has 0 aliphatic rings. The molecule has 0 saturated heterocycles. The van der Waals surface area contributed by atoms with E-state index in [9.17, 15) is 9.18 Å². The largest absolute Gasteiger partial charge is 0.402 e. The molecule has 0 fully saturated rings. The number of hydrogen-bond acceptors (Lipinski definition) is 6. The second-order valence-corrected chi connectivity index (χ2v) is 7.25. The van der Waals surface area contributed by atoms with Gasteiger partial charge >= 0.3 is 5.63 Å². The lowest BCUT2D eigenvalue weighted by Gasteiger charge is -1.94. The number of rotatable bonds is 1. The Morgan fingerprint density at radius 3 is 2.62 bits per heavy atom. The van der Waals surface area contributed by atoms with Gasteiger partial charge in [-0.1, -0.05) is 18.2 Å². The second-order valence-electron chi connectivity index (χ2n) is 5.22. The number of benzene rings is 2. The summed E-state index contributed by atoms with van der Waals surface area (Å²) < 4.78 is 20.3. The number of aromatic nitrogens is 2. The fraction of sp³-hybridized carbons (Fsp3) is 0. The van der Waals surface area contributed by atoms with Crippen LogP contribution in [0.2, 0.25) is 0 Å². The van der Waals surface area contributed by atoms with E-state index in [4.69, 9.17) is 4.42 Å². The molecule has 0 radical (unpaired) electrons. The molecule has 0 saturated carbocycles. The zero-order valence-corrected chi connectivity index (χ0v) is 13.6. The monoisotopic (exact) mass is 354 g/mol. The van der Waals surface area contributed by atoms with Crippen LogP contribution in [0.15, 0.2) is 51.7 Å². The molecule has 116 valence electrons. The summed E-state index contributed by atoms with van der Waals surface area (Å²) in [5.41, 5.74) is 0.632. The van der Waals surface area contributed by atoms with Gasteiger partial charge in [-0.25, -0.2) is 14.2 Å². The summed E-state index contributed by atoms with van der Waals surface area (Å²) in [5, 5.41) is 2.70. The van der Waals surface area contributed by atoms with E-state index < -0.39 is 5.63 Å². The van der Waals surface area contributed by atoms with Crippen molar-refractivity contribution in [2.24, 2.45) is 0 Å². The molecule has 0 aliphatic carbocycles. The third-order valence-corrected chi connectivity index (χ3v) is 5.94. The minimum Gasteiger partial charge on any atom is -0.402 e. The van der Waals surface area contributed by atoms with Crippen LogP contribution >= 0.6 is 22.7 Å². The maximum absolute atomic E-state index is 13.4. The summed E-state index contributed by atoms with van der Waals surface area (Å²) >= 11 is 2.78. The summed E-state index contributed by atoms with van der Waals surface area (Å²) in [6.45, 7) is 0. The maximum Gasteiger partial charge on any atom is 0.345 e. The van der Waals surface area contributed by atoms with Crippen molar-refractivity contribution in [2.75, 3.05) is 0 Å². The van der Waals surface area contributed by atoms with Crippen molar-refractivity contribution in [1.29, 1.82) is 0 Å². The predicted octanol–water partition coefficient (Wildman–Crippen LogP) is 4.82. The van der Waals surface area contributed by atoms with Crippen molar-refractivity contribution >= 4 is 54.1 Å². The molecule has 0 bridgehead atoms. The molecule has 3 heterocycles. The van der Waals surface area contributed by atoms with Crippen LogP contribution in [0.5, 0.6) is 0 Å². The Morgan fingerprint density at radius 1 is 0.958 bits per heavy atom. The van der Waals surface area contributed by atoms with Crippen LogP contribution in [-0.4, -0.2) is 9.97 Å². The first-order chi connectivity index (χ1) is 11.7. The van der Waals surface area contributed by atoms with Crippen LogP contribution in [0, 0.1) is 5.82 Å². The van der Waals surface area contributed by atoms with E-state index in [1.54, 1.807) is 18.2 Å². The van der Waals surface area contributed by atoms with Crippen molar-refractivity contribution in [3.8, 4) is 10.0 Å². The number of fused-ring (bicyclic) bond motifs is 4. The summed E-state index contributed by atoms with van der Waals surface area (Å²) in [5.74, 6) is -0.293. The van der Waals surface area contributed by atoms with E-state index in [1.807, 2.05) is 12.1 Å². The fourth-order valence-electron chi connectivity index (χ4n) is 2.63. The van der Waals surface area contributed by atoms with Crippen LogP contribution in [0.4, 0.5) is 4.39 Å². The molecule has 0 amide bonds. The zero-order valence-electron chi connectivity index (χ0n) is 11.9. The average molecular weight is 354 g/mol. The van der Waals surface area contributed by atoms with E-state index in [-0.39, 0.29) is 5.82 Å². The van der Waals surface area contributed by atoms with Gasteiger partial charge < -0.3 is 4.42 Å². The minimum atomic E-state index is -0.402. The van der Waals surface area contributed by atoms with E-state index in [1.165, 1.54) is 34.8 Å². The molecule has 3 aromatic heterocycles. The number of nitrogens with zero attached hydrogens (tertiary/aromatic N) is 2. The Morgan fingerprint density at radius 2 is 1.75 bits per heavy atom. The van der Waals surface area contributed by atoms with E-state index >= 15 is 0 Å². The smallest absolute Gasteiger partial charge is 0.345 e.